The van der Waals surface area contributed by atoms with E-state index in [0.29, 0.717) is 25.1 Å². The van der Waals surface area contributed by atoms with E-state index in [1.54, 1.807) is 21.3 Å². The summed E-state index contributed by atoms with van der Waals surface area (Å²) in [6.07, 6.45) is 0.681. The van der Waals surface area contributed by atoms with Gasteiger partial charge in [-0.2, -0.15) is 0 Å². The second-order valence-corrected chi connectivity index (χ2v) is 8.36. The lowest BCUT2D eigenvalue weighted by Gasteiger charge is -2.24. The molecule has 118 valence electrons. The predicted octanol–water partition coefficient (Wildman–Crippen LogP) is 1.14. The average molecular weight is 305 g/mol. The largest absolute Gasteiger partial charge is 0.500 e. The number of hydrogen-bond donors (Lipinski definition) is 0. The Morgan fingerprint density at radius 3 is 2.30 bits per heavy atom. The van der Waals surface area contributed by atoms with Crippen molar-refractivity contribution in [2.75, 3.05) is 41.0 Å². The zero-order chi connectivity index (χ0) is 15.2. The van der Waals surface area contributed by atoms with Crippen LogP contribution in [0.4, 0.5) is 0 Å². The monoisotopic (exact) mass is 305 g/mol. The molecule has 1 aliphatic rings. The maximum atomic E-state index is 11.8. The third-order valence-electron chi connectivity index (χ3n) is 3.70. The first-order valence-electron chi connectivity index (χ1n) is 7.04. The maximum absolute atomic E-state index is 11.8. The van der Waals surface area contributed by atoms with E-state index in [2.05, 4.69) is 11.8 Å². The highest BCUT2D eigenvalue weighted by Gasteiger charge is 2.37. The predicted molar refractivity (Wildman–Crippen MR) is 77.4 cm³/mol. The minimum Gasteiger partial charge on any atom is -0.465 e. The molecule has 0 spiro atoms. The van der Waals surface area contributed by atoms with Crippen LogP contribution in [0.25, 0.3) is 0 Å². The molecule has 1 fully saturated rings. The summed E-state index contributed by atoms with van der Waals surface area (Å²) in [4.78, 5) is 14.1. The highest BCUT2D eigenvalue weighted by Crippen LogP contribution is 2.19. The topological polar surface area (TPSA) is 57.0 Å². The quantitative estimate of drug-likeness (QED) is 0.261. The smallest absolute Gasteiger partial charge is 0.465 e. The van der Waals surface area contributed by atoms with Crippen LogP contribution in [-0.2, 0) is 22.8 Å². The van der Waals surface area contributed by atoms with Crippen LogP contribution in [0.3, 0.4) is 0 Å². The highest BCUT2D eigenvalue weighted by atomic mass is 28.4. The van der Waals surface area contributed by atoms with Gasteiger partial charge >= 0.3 is 14.8 Å². The molecule has 0 bridgehead atoms. The Hall–Kier alpha value is -0.473. The first-order valence-corrected chi connectivity index (χ1v) is 8.97. The van der Waals surface area contributed by atoms with Gasteiger partial charge in [0.1, 0.15) is 0 Å². The molecule has 3 unspecified atom stereocenters. The van der Waals surface area contributed by atoms with Crippen molar-refractivity contribution in [3.05, 3.63) is 0 Å². The minimum absolute atomic E-state index is 0.0748. The van der Waals surface area contributed by atoms with Crippen LogP contribution in [0.1, 0.15) is 20.3 Å². The number of carbonyl (C=O) groups excluding carboxylic acids is 1. The van der Waals surface area contributed by atoms with E-state index in [0.717, 1.165) is 13.1 Å². The molecule has 1 aliphatic heterocycles. The van der Waals surface area contributed by atoms with Gasteiger partial charge in [-0.3, -0.25) is 9.69 Å². The molecule has 0 aromatic rings. The van der Waals surface area contributed by atoms with E-state index in [1.807, 2.05) is 6.92 Å². The van der Waals surface area contributed by atoms with Gasteiger partial charge in [0.2, 0.25) is 0 Å². The number of carbonyl (C=O) groups is 1. The third-order valence-corrected chi connectivity index (χ3v) is 6.54. The second-order valence-electron chi connectivity index (χ2n) is 5.27. The van der Waals surface area contributed by atoms with Gasteiger partial charge in [-0.15, -0.1) is 0 Å². The van der Waals surface area contributed by atoms with E-state index >= 15 is 0 Å². The van der Waals surface area contributed by atoms with Crippen LogP contribution in [0.15, 0.2) is 0 Å². The standard InChI is InChI=1S/C13H27NO5Si/c1-11(9-14-10-12(14)2)13(15)19-7-6-8-20(16-3,17-4)18-5/h11-12H,6-10H2,1-5H3. The number of rotatable bonds is 10. The Balaban J connectivity index is 2.17. The fourth-order valence-electron chi connectivity index (χ4n) is 2.13. The molecule has 0 aliphatic carbocycles. The molecule has 7 heteroatoms. The molecule has 1 rings (SSSR count). The van der Waals surface area contributed by atoms with Gasteiger partial charge in [-0.1, -0.05) is 6.92 Å². The summed E-state index contributed by atoms with van der Waals surface area (Å²) < 4.78 is 21.2. The first-order chi connectivity index (χ1) is 9.48. The molecule has 0 aromatic carbocycles. The summed E-state index contributed by atoms with van der Waals surface area (Å²) in [5, 5.41) is 0. The van der Waals surface area contributed by atoms with E-state index in [-0.39, 0.29) is 11.9 Å². The maximum Gasteiger partial charge on any atom is 0.500 e. The van der Waals surface area contributed by atoms with Crippen LogP contribution >= 0.6 is 0 Å². The summed E-state index contributed by atoms with van der Waals surface area (Å²) in [7, 11) is 2.20. The second kappa shape index (κ2) is 8.09. The van der Waals surface area contributed by atoms with Gasteiger partial charge < -0.3 is 18.0 Å². The van der Waals surface area contributed by atoms with E-state index in [9.17, 15) is 4.79 Å². The van der Waals surface area contributed by atoms with Gasteiger partial charge in [0, 0.05) is 46.5 Å². The van der Waals surface area contributed by atoms with Gasteiger partial charge in [0.25, 0.3) is 0 Å². The van der Waals surface area contributed by atoms with Crippen molar-refractivity contribution < 1.29 is 22.8 Å². The minimum atomic E-state index is -2.54. The SMILES string of the molecule is CO[Si](CCCOC(=O)C(C)CN1CC1C)(OC)OC. The zero-order valence-electron chi connectivity index (χ0n) is 13.2. The molecule has 0 radical (unpaired) electrons. The van der Waals surface area contributed by atoms with Crippen molar-refractivity contribution in [2.45, 2.75) is 32.4 Å². The molecule has 6 nitrogen and oxygen atoms in total. The number of nitrogens with zero attached hydrogens (tertiary/aromatic N) is 1. The van der Waals surface area contributed by atoms with Gasteiger partial charge in [0.15, 0.2) is 0 Å². The first kappa shape index (κ1) is 17.6. The highest BCUT2D eigenvalue weighted by molar-refractivity contribution is 6.60. The lowest BCUT2D eigenvalue weighted by molar-refractivity contribution is -0.148. The summed E-state index contributed by atoms with van der Waals surface area (Å²) >= 11 is 0. The van der Waals surface area contributed by atoms with E-state index in [1.165, 1.54) is 0 Å². The Morgan fingerprint density at radius 2 is 1.85 bits per heavy atom. The molecule has 1 heterocycles. The van der Waals surface area contributed by atoms with Crippen LogP contribution < -0.4 is 0 Å². The van der Waals surface area contributed by atoms with Gasteiger partial charge in [0.05, 0.1) is 12.5 Å². The van der Waals surface area contributed by atoms with Crippen molar-refractivity contribution >= 4 is 14.8 Å². The summed E-state index contributed by atoms with van der Waals surface area (Å²) in [5.41, 5.74) is 0. The Labute approximate surface area is 122 Å². The fraction of sp³-hybridized carbons (Fsp3) is 0.923. The summed E-state index contributed by atoms with van der Waals surface area (Å²) in [6, 6.07) is 1.25. The molecular weight excluding hydrogens is 278 g/mol. The molecular formula is C13H27NO5Si. The van der Waals surface area contributed by atoms with Crippen LogP contribution in [0, 0.1) is 5.92 Å². The van der Waals surface area contributed by atoms with Crippen LogP contribution in [0.2, 0.25) is 6.04 Å². The molecule has 0 N–H and O–H groups in total. The fourth-order valence-corrected chi connectivity index (χ4v) is 3.82. The van der Waals surface area contributed by atoms with Crippen LogP contribution in [-0.4, -0.2) is 66.7 Å². The van der Waals surface area contributed by atoms with Crippen molar-refractivity contribution in [3.63, 3.8) is 0 Å². The molecule has 0 saturated carbocycles. The zero-order valence-corrected chi connectivity index (χ0v) is 14.2. The Bertz CT molecular complexity index is 303. The molecule has 0 aromatic heterocycles. The Morgan fingerprint density at radius 1 is 1.30 bits per heavy atom. The van der Waals surface area contributed by atoms with Crippen molar-refractivity contribution in [3.8, 4) is 0 Å². The van der Waals surface area contributed by atoms with Crippen molar-refractivity contribution in [1.82, 2.24) is 4.90 Å². The molecule has 20 heavy (non-hydrogen) atoms. The summed E-state index contributed by atoms with van der Waals surface area (Å²) in [5.74, 6) is -0.210. The summed E-state index contributed by atoms with van der Waals surface area (Å²) in [6.45, 7) is 6.31. The number of ether oxygens (including phenoxy) is 1. The lowest BCUT2D eigenvalue weighted by Crippen LogP contribution is -2.42. The molecule has 0 amide bonds. The van der Waals surface area contributed by atoms with Gasteiger partial charge in [-0.25, -0.2) is 0 Å². The van der Waals surface area contributed by atoms with Crippen LogP contribution in [0.5, 0.6) is 0 Å². The Kier molecular flexibility index (Phi) is 7.11. The number of hydrogen-bond acceptors (Lipinski definition) is 6. The van der Waals surface area contributed by atoms with Crippen molar-refractivity contribution in [2.24, 2.45) is 5.92 Å². The lowest BCUT2D eigenvalue weighted by atomic mass is 10.2. The average Bonchev–Trinajstić information content (AvgIpc) is 3.14. The molecule has 1 saturated heterocycles. The molecule has 3 atom stereocenters. The van der Waals surface area contributed by atoms with E-state index < -0.39 is 8.80 Å². The van der Waals surface area contributed by atoms with Gasteiger partial charge in [-0.05, 0) is 13.3 Å². The normalized spacial score (nSPS) is 23.4. The number of esters is 1. The third kappa shape index (κ3) is 5.14. The van der Waals surface area contributed by atoms with Crippen molar-refractivity contribution in [1.29, 1.82) is 0 Å². The van der Waals surface area contributed by atoms with E-state index in [4.69, 9.17) is 18.0 Å².